The molecule has 5 nitrogen and oxygen atoms in total. The first kappa shape index (κ1) is 13.1. The number of anilines is 1. The van der Waals surface area contributed by atoms with Crippen LogP contribution in [0.15, 0.2) is 24.5 Å². The fourth-order valence-corrected chi connectivity index (χ4v) is 3.22. The van der Waals surface area contributed by atoms with E-state index in [0.717, 1.165) is 29.9 Å². The van der Waals surface area contributed by atoms with Gasteiger partial charge in [-0.1, -0.05) is 12.8 Å². The number of amides is 1. The standard InChI is InChI=1S/C14H16N4OS/c15-11-12(9-5-7-16-8-6-9)18-20-13(11)14(19)17-10-3-1-2-4-10/h5-8,10H,1-4,15H2,(H,17,19). The Morgan fingerprint density at radius 3 is 2.70 bits per heavy atom. The number of nitrogen functional groups attached to an aromatic ring is 1. The van der Waals surface area contributed by atoms with Crippen molar-refractivity contribution in [2.45, 2.75) is 31.7 Å². The second kappa shape index (κ2) is 5.58. The third kappa shape index (κ3) is 2.51. The van der Waals surface area contributed by atoms with Crippen molar-refractivity contribution in [2.75, 3.05) is 5.73 Å². The van der Waals surface area contributed by atoms with Crippen molar-refractivity contribution in [3.8, 4) is 11.3 Å². The van der Waals surface area contributed by atoms with E-state index in [9.17, 15) is 4.79 Å². The molecule has 1 saturated carbocycles. The fourth-order valence-electron chi connectivity index (χ4n) is 2.50. The summed E-state index contributed by atoms with van der Waals surface area (Å²) in [7, 11) is 0. The van der Waals surface area contributed by atoms with E-state index in [-0.39, 0.29) is 11.9 Å². The lowest BCUT2D eigenvalue weighted by atomic mass is 10.1. The predicted octanol–water partition coefficient (Wildman–Crippen LogP) is 2.46. The summed E-state index contributed by atoms with van der Waals surface area (Å²) < 4.78 is 4.31. The number of pyridine rings is 1. The van der Waals surface area contributed by atoms with Gasteiger partial charge in [0, 0.05) is 24.0 Å². The summed E-state index contributed by atoms with van der Waals surface area (Å²) >= 11 is 1.16. The molecule has 0 atom stereocenters. The first-order chi connectivity index (χ1) is 9.75. The van der Waals surface area contributed by atoms with Gasteiger partial charge in [0.05, 0.1) is 5.69 Å². The zero-order valence-corrected chi connectivity index (χ0v) is 11.8. The van der Waals surface area contributed by atoms with Crippen molar-refractivity contribution in [1.82, 2.24) is 14.7 Å². The average Bonchev–Trinajstić information content (AvgIpc) is 3.09. The molecule has 0 bridgehead atoms. The molecule has 6 heteroatoms. The first-order valence-corrected chi connectivity index (χ1v) is 7.49. The molecule has 2 aromatic rings. The summed E-state index contributed by atoms with van der Waals surface area (Å²) in [4.78, 5) is 16.7. The zero-order valence-electron chi connectivity index (χ0n) is 11.0. The maximum Gasteiger partial charge on any atom is 0.265 e. The van der Waals surface area contributed by atoms with E-state index in [1.54, 1.807) is 12.4 Å². The summed E-state index contributed by atoms with van der Waals surface area (Å²) in [5, 5.41) is 3.04. The third-order valence-electron chi connectivity index (χ3n) is 3.58. The molecule has 0 aliphatic heterocycles. The number of nitrogens with one attached hydrogen (secondary N) is 1. The highest BCUT2D eigenvalue weighted by molar-refractivity contribution is 7.09. The monoisotopic (exact) mass is 288 g/mol. The summed E-state index contributed by atoms with van der Waals surface area (Å²) in [5.74, 6) is -0.104. The largest absolute Gasteiger partial charge is 0.396 e. The molecule has 0 unspecified atom stereocenters. The van der Waals surface area contributed by atoms with Gasteiger partial charge >= 0.3 is 0 Å². The molecule has 3 rings (SSSR count). The normalized spacial score (nSPS) is 15.4. The van der Waals surface area contributed by atoms with Crippen LogP contribution in [0.5, 0.6) is 0 Å². The zero-order chi connectivity index (χ0) is 13.9. The number of nitrogens with two attached hydrogens (primary N) is 1. The van der Waals surface area contributed by atoms with Crippen LogP contribution in [0.3, 0.4) is 0 Å². The number of aromatic nitrogens is 2. The van der Waals surface area contributed by atoms with Crippen molar-refractivity contribution in [1.29, 1.82) is 0 Å². The van der Waals surface area contributed by atoms with Crippen LogP contribution in [-0.2, 0) is 0 Å². The van der Waals surface area contributed by atoms with Crippen LogP contribution in [0, 0.1) is 0 Å². The van der Waals surface area contributed by atoms with E-state index in [4.69, 9.17) is 5.73 Å². The van der Waals surface area contributed by atoms with E-state index in [2.05, 4.69) is 14.7 Å². The summed E-state index contributed by atoms with van der Waals surface area (Å²) in [6.45, 7) is 0. The van der Waals surface area contributed by atoms with Gasteiger partial charge in [0.2, 0.25) is 0 Å². The minimum Gasteiger partial charge on any atom is -0.396 e. The van der Waals surface area contributed by atoms with E-state index in [1.165, 1.54) is 12.8 Å². The molecule has 3 N–H and O–H groups in total. The quantitative estimate of drug-likeness (QED) is 0.909. The van der Waals surface area contributed by atoms with E-state index >= 15 is 0 Å². The Morgan fingerprint density at radius 2 is 2.00 bits per heavy atom. The Hall–Kier alpha value is -1.95. The molecule has 1 fully saturated rings. The van der Waals surface area contributed by atoms with Crippen molar-refractivity contribution < 1.29 is 4.79 Å². The smallest absolute Gasteiger partial charge is 0.265 e. The maximum absolute atomic E-state index is 12.2. The second-order valence-corrected chi connectivity index (χ2v) is 5.74. The Bertz CT molecular complexity index is 605. The van der Waals surface area contributed by atoms with Crippen LogP contribution >= 0.6 is 11.5 Å². The van der Waals surface area contributed by atoms with Gasteiger partial charge in [0.1, 0.15) is 10.6 Å². The molecule has 0 radical (unpaired) electrons. The lowest BCUT2D eigenvalue weighted by molar-refractivity contribution is 0.0943. The van der Waals surface area contributed by atoms with Crippen LogP contribution in [0.25, 0.3) is 11.3 Å². The number of carbonyl (C=O) groups is 1. The lowest BCUT2D eigenvalue weighted by Gasteiger charge is -2.10. The van der Waals surface area contributed by atoms with Crippen LogP contribution in [0.1, 0.15) is 35.4 Å². The molecule has 2 aromatic heterocycles. The minimum atomic E-state index is -0.104. The van der Waals surface area contributed by atoms with Gasteiger partial charge in [0.15, 0.2) is 0 Å². The Morgan fingerprint density at radius 1 is 1.30 bits per heavy atom. The molecule has 1 amide bonds. The minimum absolute atomic E-state index is 0.104. The van der Waals surface area contributed by atoms with Crippen molar-refractivity contribution in [3.05, 3.63) is 29.4 Å². The van der Waals surface area contributed by atoms with E-state index in [1.807, 2.05) is 12.1 Å². The van der Waals surface area contributed by atoms with Gasteiger partial charge in [-0.05, 0) is 36.5 Å². The number of nitrogens with zero attached hydrogens (tertiary/aromatic N) is 2. The molecule has 2 heterocycles. The summed E-state index contributed by atoms with van der Waals surface area (Å²) in [5.41, 5.74) is 8.08. The fraction of sp³-hybridized carbons (Fsp3) is 0.357. The van der Waals surface area contributed by atoms with E-state index in [0.29, 0.717) is 16.3 Å². The van der Waals surface area contributed by atoms with Crippen LogP contribution in [0.2, 0.25) is 0 Å². The lowest BCUT2D eigenvalue weighted by Crippen LogP contribution is -2.32. The predicted molar refractivity (Wildman–Crippen MR) is 79.5 cm³/mol. The Labute approximate surface area is 121 Å². The van der Waals surface area contributed by atoms with Gasteiger partial charge in [0.25, 0.3) is 5.91 Å². The van der Waals surface area contributed by atoms with Crippen molar-refractivity contribution in [3.63, 3.8) is 0 Å². The topological polar surface area (TPSA) is 80.9 Å². The molecule has 0 spiro atoms. The number of hydrogen-bond acceptors (Lipinski definition) is 5. The number of rotatable bonds is 3. The highest BCUT2D eigenvalue weighted by Gasteiger charge is 2.22. The molecule has 0 saturated heterocycles. The van der Waals surface area contributed by atoms with Crippen LogP contribution in [0.4, 0.5) is 5.69 Å². The van der Waals surface area contributed by atoms with Gasteiger partial charge in [-0.15, -0.1) is 0 Å². The maximum atomic E-state index is 12.2. The van der Waals surface area contributed by atoms with Crippen molar-refractivity contribution in [2.24, 2.45) is 0 Å². The Kier molecular flexibility index (Phi) is 3.64. The third-order valence-corrected chi connectivity index (χ3v) is 4.44. The number of carbonyl (C=O) groups excluding carboxylic acids is 1. The molecule has 1 aliphatic carbocycles. The summed E-state index contributed by atoms with van der Waals surface area (Å²) in [6.07, 6.45) is 7.86. The summed E-state index contributed by atoms with van der Waals surface area (Å²) in [6, 6.07) is 3.96. The molecule has 0 aromatic carbocycles. The molecule has 104 valence electrons. The molecular weight excluding hydrogens is 272 g/mol. The highest BCUT2D eigenvalue weighted by atomic mass is 32.1. The Balaban J connectivity index is 1.81. The second-order valence-electron chi connectivity index (χ2n) is 4.96. The van der Waals surface area contributed by atoms with Gasteiger partial charge in [-0.3, -0.25) is 9.78 Å². The highest BCUT2D eigenvalue weighted by Crippen LogP contribution is 2.30. The van der Waals surface area contributed by atoms with Gasteiger partial charge < -0.3 is 11.1 Å². The molecular formula is C14H16N4OS. The first-order valence-electron chi connectivity index (χ1n) is 6.72. The van der Waals surface area contributed by atoms with Crippen molar-refractivity contribution >= 4 is 23.1 Å². The van der Waals surface area contributed by atoms with Crippen LogP contribution < -0.4 is 11.1 Å². The van der Waals surface area contributed by atoms with E-state index < -0.39 is 0 Å². The molecule has 20 heavy (non-hydrogen) atoms. The molecule has 1 aliphatic rings. The van der Waals surface area contributed by atoms with Crippen LogP contribution in [-0.4, -0.2) is 21.3 Å². The average molecular weight is 288 g/mol. The number of hydrogen-bond donors (Lipinski definition) is 2. The SMILES string of the molecule is Nc1c(-c2ccncc2)nsc1C(=O)NC1CCCC1. The van der Waals surface area contributed by atoms with Gasteiger partial charge in [-0.2, -0.15) is 4.37 Å². The van der Waals surface area contributed by atoms with Gasteiger partial charge in [-0.25, -0.2) is 0 Å².